The summed E-state index contributed by atoms with van der Waals surface area (Å²) in [6.45, 7) is 6.59. The summed E-state index contributed by atoms with van der Waals surface area (Å²) < 4.78 is 9.91. The van der Waals surface area contributed by atoms with Crippen LogP contribution < -0.4 is 5.43 Å². The van der Waals surface area contributed by atoms with Gasteiger partial charge < -0.3 is 9.47 Å². The van der Waals surface area contributed by atoms with Gasteiger partial charge in [-0.15, -0.1) is 5.10 Å². The number of nitrogens with one attached hydrogen (secondary N) is 1. The number of hydrogen-bond acceptors (Lipinski definition) is 4. The molecule has 0 bridgehead atoms. The molecule has 1 N–H and O–H groups in total. The summed E-state index contributed by atoms with van der Waals surface area (Å²) in [5.41, 5.74) is 2.28. The van der Waals surface area contributed by atoms with Crippen molar-refractivity contribution in [2.75, 3.05) is 13.2 Å². The fraction of sp³-hybridized carbons (Fsp3) is 0.800. The van der Waals surface area contributed by atoms with E-state index in [-0.39, 0.29) is 0 Å². The second kappa shape index (κ2) is 9.30. The Morgan fingerprint density at radius 2 is 1.87 bits per heavy atom. The maximum absolute atomic E-state index is 10.9. The van der Waals surface area contributed by atoms with Gasteiger partial charge in [0.1, 0.15) is 0 Å². The Morgan fingerprint density at radius 3 is 2.40 bits per heavy atom. The highest BCUT2D eigenvalue weighted by Crippen LogP contribution is 1.98. The summed E-state index contributed by atoms with van der Waals surface area (Å²) in [5, 5.41) is 3.84. The summed E-state index contributed by atoms with van der Waals surface area (Å²) in [4.78, 5) is 10.9. The first-order valence-corrected chi connectivity index (χ1v) is 5.36. The number of unbranched alkanes of at least 4 members (excludes halogenated alkanes) is 1. The lowest BCUT2D eigenvalue weighted by Crippen LogP contribution is -2.21. The minimum absolute atomic E-state index is 0.334. The van der Waals surface area contributed by atoms with Crippen molar-refractivity contribution in [3.8, 4) is 0 Å². The number of hydrogen-bond donors (Lipinski definition) is 1. The molecule has 5 nitrogen and oxygen atoms in total. The van der Waals surface area contributed by atoms with Crippen molar-refractivity contribution in [2.24, 2.45) is 5.10 Å². The van der Waals surface area contributed by atoms with Crippen LogP contribution in [0.5, 0.6) is 0 Å². The molecule has 0 heterocycles. The molecule has 15 heavy (non-hydrogen) atoms. The average molecular weight is 216 g/mol. The Kier molecular flexibility index (Phi) is 8.52. The van der Waals surface area contributed by atoms with Crippen molar-refractivity contribution in [1.82, 2.24) is 5.43 Å². The Labute approximate surface area is 90.8 Å². The van der Waals surface area contributed by atoms with E-state index < -0.39 is 6.09 Å². The molecule has 0 aromatic rings. The molecule has 0 aliphatic heterocycles. The van der Waals surface area contributed by atoms with Crippen LogP contribution in [0.1, 0.15) is 40.0 Å². The van der Waals surface area contributed by atoms with Crippen molar-refractivity contribution in [2.45, 2.75) is 40.0 Å². The van der Waals surface area contributed by atoms with Gasteiger partial charge in [0.15, 0.2) is 0 Å². The quantitative estimate of drug-likeness (QED) is 0.421. The first-order chi connectivity index (χ1) is 7.24. The molecule has 0 aromatic heterocycles. The maximum atomic E-state index is 10.9. The van der Waals surface area contributed by atoms with Crippen molar-refractivity contribution >= 4 is 12.0 Å². The van der Waals surface area contributed by atoms with Gasteiger partial charge >= 0.3 is 6.09 Å². The van der Waals surface area contributed by atoms with Gasteiger partial charge in [-0.1, -0.05) is 13.3 Å². The molecule has 0 rings (SSSR count). The Balaban J connectivity index is 3.97. The SMILES string of the molecule is CCCC/C(=N/NC(=O)OCC)OCC. The summed E-state index contributed by atoms with van der Waals surface area (Å²) in [5.74, 6) is 0.549. The number of rotatable bonds is 6. The van der Waals surface area contributed by atoms with E-state index in [0.29, 0.717) is 19.1 Å². The van der Waals surface area contributed by atoms with E-state index in [0.717, 1.165) is 19.3 Å². The molecular weight excluding hydrogens is 196 g/mol. The normalized spacial score (nSPS) is 11.0. The molecular formula is C10H20N2O3. The lowest BCUT2D eigenvalue weighted by atomic mass is 10.2. The van der Waals surface area contributed by atoms with Crippen LogP contribution in [-0.4, -0.2) is 25.2 Å². The largest absolute Gasteiger partial charge is 0.480 e. The molecule has 0 saturated carbocycles. The molecule has 0 atom stereocenters. The highest BCUT2D eigenvalue weighted by molar-refractivity contribution is 5.78. The molecule has 0 unspecified atom stereocenters. The summed E-state index contributed by atoms with van der Waals surface area (Å²) in [6, 6.07) is 0. The van der Waals surface area contributed by atoms with Crippen LogP contribution in [0.25, 0.3) is 0 Å². The third-order valence-corrected chi connectivity index (χ3v) is 1.60. The lowest BCUT2D eigenvalue weighted by molar-refractivity contribution is 0.152. The zero-order valence-electron chi connectivity index (χ0n) is 9.71. The van der Waals surface area contributed by atoms with E-state index in [1.807, 2.05) is 6.92 Å². The predicted molar refractivity (Wildman–Crippen MR) is 58.7 cm³/mol. The third kappa shape index (κ3) is 7.78. The highest BCUT2D eigenvalue weighted by Gasteiger charge is 2.02. The van der Waals surface area contributed by atoms with Crippen LogP contribution in [0, 0.1) is 0 Å². The Hall–Kier alpha value is -1.26. The zero-order valence-corrected chi connectivity index (χ0v) is 9.71. The monoisotopic (exact) mass is 216 g/mol. The molecule has 0 aromatic carbocycles. The number of nitrogens with zero attached hydrogens (tertiary/aromatic N) is 1. The minimum Gasteiger partial charge on any atom is -0.480 e. The predicted octanol–water partition coefficient (Wildman–Crippen LogP) is 2.27. The minimum atomic E-state index is -0.550. The molecule has 0 aliphatic carbocycles. The number of amides is 1. The molecule has 5 heteroatoms. The maximum Gasteiger partial charge on any atom is 0.427 e. The first-order valence-electron chi connectivity index (χ1n) is 5.36. The van der Waals surface area contributed by atoms with E-state index in [1.165, 1.54) is 0 Å². The number of carbonyl (C=O) groups excluding carboxylic acids is 1. The third-order valence-electron chi connectivity index (χ3n) is 1.60. The summed E-state index contributed by atoms with van der Waals surface area (Å²) in [7, 11) is 0. The van der Waals surface area contributed by atoms with Crippen LogP contribution in [0.4, 0.5) is 4.79 Å². The van der Waals surface area contributed by atoms with Crippen LogP contribution in [0.2, 0.25) is 0 Å². The number of ether oxygens (including phenoxy) is 2. The van der Waals surface area contributed by atoms with Gasteiger partial charge in [0, 0.05) is 6.42 Å². The van der Waals surface area contributed by atoms with Gasteiger partial charge in [-0.05, 0) is 20.3 Å². The van der Waals surface area contributed by atoms with Gasteiger partial charge in [-0.3, -0.25) is 0 Å². The lowest BCUT2D eigenvalue weighted by Gasteiger charge is -2.06. The molecule has 88 valence electrons. The molecule has 0 fully saturated rings. The fourth-order valence-electron chi connectivity index (χ4n) is 0.926. The van der Waals surface area contributed by atoms with Crippen molar-refractivity contribution < 1.29 is 14.3 Å². The Morgan fingerprint density at radius 1 is 1.20 bits per heavy atom. The summed E-state index contributed by atoms with van der Waals surface area (Å²) in [6.07, 6.45) is 2.23. The molecule has 0 saturated heterocycles. The topological polar surface area (TPSA) is 59.9 Å². The first kappa shape index (κ1) is 13.7. The number of carbonyl (C=O) groups is 1. The van der Waals surface area contributed by atoms with Gasteiger partial charge in [-0.25, -0.2) is 10.2 Å². The van der Waals surface area contributed by atoms with Crippen molar-refractivity contribution in [3.63, 3.8) is 0 Å². The number of hydrazone groups is 1. The second-order valence-corrected chi connectivity index (χ2v) is 2.87. The molecule has 0 radical (unpaired) electrons. The fourth-order valence-corrected chi connectivity index (χ4v) is 0.926. The van der Waals surface area contributed by atoms with Crippen LogP contribution in [-0.2, 0) is 9.47 Å². The van der Waals surface area contributed by atoms with Gasteiger partial charge in [0.05, 0.1) is 13.2 Å². The molecule has 0 aliphatic rings. The van der Waals surface area contributed by atoms with Crippen LogP contribution >= 0.6 is 0 Å². The molecule has 0 spiro atoms. The van der Waals surface area contributed by atoms with E-state index >= 15 is 0 Å². The van der Waals surface area contributed by atoms with E-state index in [4.69, 9.17) is 4.74 Å². The van der Waals surface area contributed by atoms with E-state index in [1.54, 1.807) is 6.92 Å². The van der Waals surface area contributed by atoms with Crippen molar-refractivity contribution in [1.29, 1.82) is 0 Å². The van der Waals surface area contributed by atoms with Gasteiger partial charge in [-0.2, -0.15) is 0 Å². The smallest absolute Gasteiger partial charge is 0.427 e. The summed E-state index contributed by atoms with van der Waals surface area (Å²) >= 11 is 0. The van der Waals surface area contributed by atoms with E-state index in [9.17, 15) is 4.79 Å². The second-order valence-electron chi connectivity index (χ2n) is 2.87. The van der Waals surface area contributed by atoms with Gasteiger partial charge in [0.25, 0.3) is 0 Å². The molecule has 1 amide bonds. The van der Waals surface area contributed by atoms with Crippen molar-refractivity contribution in [3.05, 3.63) is 0 Å². The Bertz CT molecular complexity index is 205. The van der Waals surface area contributed by atoms with Gasteiger partial charge in [0.2, 0.25) is 5.90 Å². The van der Waals surface area contributed by atoms with E-state index in [2.05, 4.69) is 22.2 Å². The average Bonchev–Trinajstić information content (AvgIpc) is 2.22. The van der Waals surface area contributed by atoms with Crippen LogP contribution in [0.3, 0.4) is 0 Å². The highest BCUT2D eigenvalue weighted by atomic mass is 16.6. The van der Waals surface area contributed by atoms with Crippen LogP contribution in [0.15, 0.2) is 5.10 Å². The zero-order chi connectivity index (χ0) is 11.5. The standard InChI is InChI=1S/C10H20N2O3/c1-4-7-8-9(14-5-2)11-12-10(13)15-6-3/h4-8H2,1-3H3,(H,12,13)/b11-9-.